The normalized spacial score (nSPS) is 16.9. The Balaban J connectivity index is 2.45. The Hall–Kier alpha value is -2.64. The Kier molecular flexibility index (Phi) is 3.55. The van der Waals surface area contributed by atoms with Crippen molar-refractivity contribution < 1.29 is 38.1 Å². The summed E-state index contributed by atoms with van der Waals surface area (Å²) in [6.07, 6.45) is 0. The van der Waals surface area contributed by atoms with Gasteiger partial charge in [-0.2, -0.15) is 0 Å². The zero-order valence-corrected chi connectivity index (χ0v) is 10.7. The number of hydrogen-bond donors (Lipinski definition) is 0. The molecule has 0 amide bonds. The minimum Gasteiger partial charge on any atom is -0.462 e. The van der Waals surface area contributed by atoms with Crippen molar-refractivity contribution in [2.45, 2.75) is 13.8 Å². The van der Waals surface area contributed by atoms with Gasteiger partial charge < -0.3 is 18.9 Å². The number of hydrogen-bond acceptors (Lipinski definition) is 8. The molecule has 2 rings (SSSR count). The molecule has 8 heteroatoms. The first-order valence-electron chi connectivity index (χ1n) is 5.78. The third-order valence-electron chi connectivity index (χ3n) is 2.42. The second kappa shape index (κ2) is 5.16. The van der Waals surface area contributed by atoms with Crippen LogP contribution in [-0.4, -0.2) is 37.1 Å². The van der Waals surface area contributed by atoms with E-state index in [4.69, 9.17) is 9.47 Å². The lowest BCUT2D eigenvalue weighted by Gasteiger charge is -2.02. The number of carbonyl (C=O) groups is 4. The molecule has 20 heavy (non-hydrogen) atoms. The molecule has 0 unspecified atom stereocenters. The van der Waals surface area contributed by atoms with Crippen LogP contribution in [0.1, 0.15) is 13.8 Å². The quantitative estimate of drug-likeness (QED) is 0.394. The lowest BCUT2D eigenvalue weighted by Crippen LogP contribution is -2.18. The van der Waals surface area contributed by atoms with Gasteiger partial charge >= 0.3 is 23.9 Å². The summed E-state index contributed by atoms with van der Waals surface area (Å²) in [6.45, 7) is 3.15. The Bertz CT molecular complexity index is 528. The van der Waals surface area contributed by atoms with Crippen molar-refractivity contribution >= 4 is 23.9 Å². The van der Waals surface area contributed by atoms with Gasteiger partial charge in [-0.15, -0.1) is 0 Å². The molecule has 0 aromatic rings. The zero-order chi connectivity index (χ0) is 14.9. The van der Waals surface area contributed by atoms with E-state index in [2.05, 4.69) is 9.47 Å². The van der Waals surface area contributed by atoms with Crippen LogP contribution >= 0.6 is 0 Å². The lowest BCUT2D eigenvalue weighted by molar-refractivity contribution is -0.144. The summed E-state index contributed by atoms with van der Waals surface area (Å²) in [4.78, 5) is 46.3. The molecule has 0 N–H and O–H groups in total. The summed E-state index contributed by atoms with van der Waals surface area (Å²) in [5, 5.41) is 0. The van der Waals surface area contributed by atoms with E-state index in [1.807, 2.05) is 0 Å². The van der Waals surface area contributed by atoms with Gasteiger partial charge in [0.25, 0.3) is 0 Å². The number of fused-ring (bicyclic) bond motifs is 1. The van der Waals surface area contributed by atoms with Gasteiger partial charge in [-0.1, -0.05) is 0 Å². The first kappa shape index (κ1) is 13.8. The van der Waals surface area contributed by atoms with Crippen molar-refractivity contribution in [3.8, 4) is 0 Å². The highest BCUT2D eigenvalue weighted by Crippen LogP contribution is 2.36. The molecule has 0 spiro atoms. The van der Waals surface area contributed by atoms with Crippen LogP contribution in [0.5, 0.6) is 0 Å². The Labute approximate surface area is 112 Å². The Morgan fingerprint density at radius 2 is 1.20 bits per heavy atom. The van der Waals surface area contributed by atoms with Gasteiger partial charge in [-0.25, -0.2) is 19.2 Å². The van der Waals surface area contributed by atoms with E-state index in [1.165, 1.54) is 0 Å². The summed E-state index contributed by atoms with van der Waals surface area (Å²) in [5.41, 5.74) is -1.09. The average Bonchev–Trinajstić information content (AvgIpc) is 2.82. The lowest BCUT2D eigenvalue weighted by atomic mass is 10.2. The van der Waals surface area contributed by atoms with Gasteiger partial charge in [0.1, 0.15) is 0 Å². The van der Waals surface area contributed by atoms with Crippen LogP contribution in [0.3, 0.4) is 0 Å². The minimum atomic E-state index is -1.04. The summed E-state index contributed by atoms with van der Waals surface area (Å²) in [7, 11) is 0. The summed E-state index contributed by atoms with van der Waals surface area (Å²) < 4.78 is 18.8. The standard InChI is InChI=1S/C12H10O8/c1-3-17-9(13)5-7-8(20-11(5)15)6(12(16)19-7)10(14)18-4-2/h3-4H2,1-2H3. The first-order valence-corrected chi connectivity index (χ1v) is 5.78. The average molecular weight is 282 g/mol. The molecule has 2 aliphatic heterocycles. The van der Waals surface area contributed by atoms with E-state index in [9.17, 15) is 19.2 Å². The van der Waals surface area contributed by atoms with Crippen LogP contribution in [-0.2, 0) is 38.1 Å². The fourth-order valence-corrected chi connectivity index (χ4v) is 1.65. The van der Waals surface area contributed by atoms with E-state index < -0.39 is 46.5 Å². The fraction of sp³-hybridized carbons (Fsp3) is 0.333. The molecular weight excluding hydrogens is 272 g/mol. The summed E-state index contributed by atoms with van der Waals surface area (Å²) in [5.74, 6) is -4.85. The van der Waals surface area contributed by atoms with Crippen LogP contribution < -0.4 is 0 Å². The topological polar surface area (TPSA) is 105 Å². The van der Waals surface area contributed by atoms with E-state index in [0.717, 1.165) is 0 Å². The van der Waals surface area contributed by atoms with Gasteiger partial charge in [-0.3, -0.25) is 0 Å². The molecule has 0 saturated heterocycles. The molecule has 8 nitrogen and oxygen atoms in total. The molecule has 106 valence electrons. The van der Waals surface area contributed by atoms with Crippen LogP contribution in [0.4, 0.5) is 0 Å². The van der Waals surface area contributed by atoms with Gasteiger partial charge in [-0.05, 0) is 13.8 Å². The molecule has 0 aliphatic carbocycles. The number of ether oxygens (including phenoxy) is 4. The number of esters is 4. The smallest absolute Gasteiger partial charge is 0.355 e. The summed E-state index contributed by atoms with van der Waals surface area (Å²) >= 11 is 0. The maximum absolute atomic E-state index is 11.6. The Morgan fingerprint density at radius 1 is 0.850 bits per heavy atom. The molecule has 0 saturated carbocycles. The maximum atomic E-state index is 11.6. The molecule has 0 bridgehead atoms. The molecular formula is C12H10O8. The minimum absolute atomic E-state index is 0.0284. The predicted molar refractivity (Wildman–Crippen MR) is 59.5 cm³/mol. The third kappa shape index (κ3) is 2.04. The predicted octanol–water partition coefficient (Wildman–Crippen LogP) is -0.266. The van der Waals surface area contributed by atoms with Gasteiger partial charge in [0, 0.05) is 0 Å². The van der Waals surface area contributed by atoms with Gasteiger partial charge in [0.05, 0.1) is 13.2 Å². The highest BCUT2D eigenvalue weighted by atomic mass is 16.6. The van der Waals surface area contributed by atoms with Crippen LogP contribution in [0, 0.1) is 0 Å². The highest BCUT2D eigenvalue weighted by Gasteiger charge is 2.48. The van der Waals surface area contributed by atoms with Gasteiger partial charge in [0.15, 0.2) is 22.7 Å². The van der Waals surface area contributed by atoms with E-state index >= 15 is 0 Å². The second-order valence-corrected chi connectivity index (χ2v) is 3.63. The van der Waals surface area contributed by atoms with Crippen LogP contribution in [0.25, 0.3) is 0 Å². The number of rotatable bonds is 4. The number of carbonyl (C=O) groups excluding carboxylic acids is 4. The first-order chi connectivity index (χ1) is 9.51. The third-order valence-corrected chi connectivity index (χ3v) is 2.42. The molecule has 0 atom stereocenters. The van der Waals surface area contributed by atoms with Crippen molar-refractivity contribution in [2.75, 3.05) is 13.2 Å². The highest BCUT2D eigenvalue weighted by molar-refractivity contribution is 6.23. The molecule has 2 heterocycles. The van der Waals surface area contributed by atoms with Crippen molar-refractivity contribution in [3.63, 3.8) is 0 Å². The van der Waals surface area contributed by atoms with Crippen molar-refractivity contribution in [1.29, 1.82) is 0 Å². The molecule has 0 aromatic heterocycles. The monoisotopic (exact) mass is 282 g/mol. The van der Waals surface area contributed by atoms with Gasteiger partial charge in [0.2, 0.25) is 0 Å². The van der Waals surface area contributed by atoms with Crippen LogP contribution in [0.15, 0.2) is 22.7 Å². The molecule has 0 radical (unpaired) electrons. The SMILES string of the molecule is CCOC(=O)C1=C2OC(=O)C(C(=O)OCC)=C2OC1=O. The molecule has 0 aromatic carbocycles. The largest absolute Gasteiger partial charge is 0.462 e. The Morgan fingerprint density at radius 3 is 1.50 bits per heavy atom. The molecule has 0 fully saturated rings. The molecule has 2 aliphatic rings. The van der Waals surface area contributed by atoms with E-state index in [-0.39, 0.29) is 13.2 Å². The van der Waals surface area contributed by atoms with Crippen molar-refractivity contribution in [2.24, 2.45) is 0 Å². The maximum Gasteiger partial charge on any atom is 0.355 e. The van der Waals surface area contributed by atoms with E-state index in [0.29, 0.717) is 0 Å². The second-order valence-electron chi connectivity index (χ2n) is 3.63. The summed E-state index contributed by atoms with van der Waals surface area (Å²) in [6, 6.07) is 0. The van der Waals surface area contributed by atoms with E-state index in [1.54, 1.807) is 13.8 Å². The zero-order valence-electron chi connectivity index (χ0n) is 10.7. The van der Waals surface area contributed by atoms with Crippen molar-refractivity contribution in [3.05, 3.63) is 22.7 Å². The fourth-order valence-electron chi connectivity index (χ4n) is 1.65. The van der Waals surface area contributed by atoms with Crippen LogP contribution in [0.2, 0.25) is 0 Å². The van der Waals surface area contributed by atoms with Crippen molar-refractivity contribution in [1.82, 2.24) is 0 Å².